The molecule has 4 nitrogen and oxygen atoms in total. The van der Waals surface area contributed by atoms with E-state index in [0.717, 1.165) is 10.0 Å². The minimum atomic E-state index is -3.45. The fourth-order valence-electron chi connectivity index (χ4n) is 3.30. The van der Waals surface area contributed by atoms with Crippen molar-refractivity contribution >= 4 is 31.6 Å². The van der Waals surface area contributed by atoms with Gasteiger partial charge in [-0.15, -0.1) is 0 Å². The number of piperazine rings is 1. The second-order valence-electron chi connectivity index (χ2n) is 6.28. The van der Waals surface area contributed by atoms with Crippen molar-refractivity contribution in [1.29, 1.82) is 0 Å². The Labute approximate surface area is 158 Å². The maximum atomic E-state index is 13.1. The first-order valence-corrected chi connectivity index (χ1v) is 10.8. The highest BCUT2D eigenvalue weighted by molar-refractivity contribution is 9.10. The van der Waals surface area contributed by atoms with E-state index in [2.05, 4.69) is 39.9 Å². The van der Waals surface area contributed by atoms with Crippen LogP contribution in [0.3, 0.4) is 0 Å². The van der Waals surface area contributed by atoms with Gasteiger partial charge in [0.1, 0.15) is 0 Å². The Bertz CT molecular complexity index is 859. The third-order valence-electron chi connectivity index (χ3n) is 4.72. The molecule has 1 saturated heterocycles. The van der Waals surface area contributed by atoms with Crippen LogP contribution in [0.4, 0.5) is 5.69 Å². The summed E-state index contributed by atoms with van der Waals surface area (Å²) in [4.78, 5) is 2.70. The number of para-hydroxylation sites is 1. The quantitative estimate of drug-likeness (QED) is 0.751. The predicted molar refractivity (Wildman–Crippen MR) is 106 cm³/mol. The minimum absolute atomic E-state index is 0.433. The summed E-state index contributed by atoms with van der Waals surface area (Å²) in [5.74, 6) is 0. The molecule has 0 N–H and O–H groups in total. The number of anilines is 1. The van der Waals surface area contributed by atoms with Crippen LogP contribution < -0.4 is 4.90 Å². The Hall–Kier alpha value is -1.37. The van der Waals surface area contributed by atoms with Crippen molar-refractivity contribution in [1.82, 2.24) is 4.31 Å². The molecule has 1 heterocycles. The number of benzene rings is 2. The third kappa shape index (κ3) is 3.76. The molecule has 134 valence electrons. The summed E-state index contributed by atoms with van der Waals surface area (Å²) in [6.45, 7) is 6.51. The monoisotopic (exact) mass is 422 g/mol. The standard InChI is InChI=1S/C19H23BrN2O2S/c1-3-16-14-17(20)8-9-19(16)25(23,24)22-12-10-21(11-13-22)18-7-5-4-6-15(18)2/h4-9,14H,3,10-13H2,1-2H3. The highest BCUT2D eigenvalue weighted by Gasteiger charge is 2.30. The molecule has 6 heteroatoms. The van der Waals surface area contributed by atoms with Crippen LogP contribution in [0.2, 0.25) is 0 Å². The fourth-order valence-corrected chi connectivity index (χ4v) is 5.41. The van der Waals surface area contributed by atoms with Crippen LogP contribution in [-0.4, -0.2) is 38.9 Å². The van der Waals surface area contributed by atoms with Gasteiger partial charge in [0.2, 0.25) is 10.0 Å². The Morgan fingerprint density at radius 3 is 2.36 bits per heavy atom. The Kier molecular flexibility index (Phi) is 5.51. The van der Waals surface area contributed by atoms with Crippen LogP contribution in [0.5, 0.6) is 0 Å². The topological polar surface area (TPSA) is 40.6 Å². The van der Waals surface area contributed by atoms with Gasteiger partial charge < -0.3 is 4.90 Å². The molecule has 2 aromatic carbocycles. The third-order valence-corrected chi connectivity index (χ3v) is 7.21. The first-order valence-electron chi connectivity index (χ1n) is 8.52. The normalized spacial score (nSPS) is 16.2. The summed E-state index contributed by atoms with van der Waals surface area (Å²) >= 11 is 3.43. The highest BCUT2D eigenvalue weighted by atomic mass is 79.9. The van der Waals surface area contributed by atoms with E-state index in [-0.39, 0.29) is 0 Å². The average Bonchev–Trinajstić information content (AvgIpc) is 2.62. The van der Waals surface area contributed by atoms with Crippen LogP contribution in [0.1, 0.15) is 18.1 Å². The fraction of sp³-hybridized carbons (Fsp3) is 0.368. The lowest BCUT2D eigenvalue weighted by Crippen LogP contribution is -2.49. The summed E-state index contributed by atoms with van der Waals surface area (Å²) < 4.78 is 28.7. The van der Waals surface area contributed by atoms with E-state index in [1.54, 1.807) is 16.4 Å². The Morgan fingerprint density at radius 1 is 1.04 bits per heavy atom. The average molecular weight is 423 g/mol. The molecule has 0 bridgehead atoms. The van der Waals surface area contributed by atoms with Crippen LogP contribution in [-0.2, 0) is 16.4 Å². The molecule has 1 fully saturated rings. The minimum Gasteiger partial charge on any atom is -0.369 e. The number of hydrogen-bond donors (Lipinski definition) is 0. The zero-order valence-corrected chi connectivity index (χ0v) is 17.0. The number of sulfonamides is 1. The molecule has 3 rings (SSSR count). The number of aryl methyl sites for hydroxylation is 2. The van der Waals surface area contributed by atoms with E-state index in [4.69, 9.17) is 0 Å². The first kappa shape index (κ1) is 18.4. The van der Waals surface area contributed by atoms with E-state index in [0.29, 0.717) is 37.5 Å². The van der Waals surface area contributed by atoms with Crippen molar-refractivity contribution in [3.05, 3.63) is 58.1 Å². The van der Waals surface area contributed by atoms with Crippen molar-refractivity contribution in [3.63, 3.8) is 0 Å². The molecule has 0 radical (unpaired) electrons. The van der Waals surface area contributed by atoms with Crippen LogP contribution in [0.15, 0.2) is 51.8 Å². The van der Waals surface area contributed by atoms with Gasteiger partial charge in [0.25, 0.3) is 0 Å². The summed E-state index contributed by atoms with van der Waals surface area (Å²) in [5, 5.41) is 0. The lowest BCUT2D eigenvalue weighted by Gasteiger charge is -2.36. The van der Waals surface area contributed by atoms with E-state index in [9.17, 15) is 8.42 Å². The van der Waals surface area contributed by atoms with Crippen LogP contribution in [0, 0.1) is 6.92 Å². The molecule has 0 saturated carbocycles. The molecule has 1 aliphatic rings. The maximum absolute atomic E-state index is 13.1. The van der Waals surface area contributed by atoms with Crippen molar-refractivity contribution in [3.8, 4) is 0 Å². The molecule has 0 aromatic heterocycles. The van der Waals surface area contributed by atoms with E-state index < -0.39 is 10.0 Å². The first-order chi connectivity index (χ1) is 11.9. The molecule has 0 unspecified atom stereocenters. The molecule has 0 aliphatic carbocycles. The summed E-state index contributed by atoms with van der Waals surface area (Å²) in [5.41, 5.74) is 3.27. The van der Waals surface area contributed by atoms with Gasteiger partial charge in [-0.2, -0.15) is 4.31 Å². The summed E-state index contributed by atoms with van der Waals surface area (Å²) in [7, 11) is -3.45. The van der Waals surface area contributed by atoms with Gasteiger partial charge in [0.15, 0.2) is 0 Å². The number of halogens is 1. The molecular formula is C19H23BrN2O2S. The summed E-state index contributed by atoms with van der Waals surface area (Å²) in [6, 6.07) is 13.7. The smallest absolute Gasteiger partial charge is 0.243 e. The van der Waals surface area contributed by atoms with E-state index in [1.165, 1.54) is 11.3 Å². The summed E-state index contributed by atoms with van der Waals surface area (Å²) in [6.07, 6.45) is 0.692. The van der Waals surface area contributed by atoms with Gasteiger partial charge in [0.05, 0.1) is 4.90 Å². The van der Waals surface area contributed by atoms with E-state index in [1.807, 2.05) is 25.1 Å². The van der Waals surface area contributed by atoms with Crippen LogP contribution >= 0.6 is 15.9 Å². The van der Waals surface area contributed by atoms with Gasteiger partial charge in [-0.1, -0.05) is 41.1 Å². The largest absolute Gasteiger partial charge is 0.369 e. The lowest BCUT2D eigenvalue weighted by atomic mass is 10.1. The SMILES string of the molecule is CCc1cc(Br)ccc1S(=O)(=O)N1CCN(c2ccccc2C)CC1. The van der Waals surface area contributed by atoms with E-state index >= 15 is 0 Å². The van der Waals surface area contributed by atoms with Gasteiger partial charge in [-0.05, 0) is 48.7 Å². The van der Waals surface area contributed by atoms with Gasteiger partial charge >= 0.3 is 0 Å². The molecule has 0 spiro atoms. The highest BCUT2D eigenvalue weighted by Crippen LogP contribution is 2.27. The van der Waals surface area contributed by atoms with Gasteiger partial charge in [-0.25, -0.2) is 8.42 Å². The van der Waals surface area contributed by atoms with Crippen LogP contribution in [0.25, 0.3) is 0 Å². The molecule has 0 amide bonds. The van der Waals surface area contributed by atoms with Crippen molar-refractivity contribution in [2.24, 2.45) is 0 Å². The Morgan fingerprint density at radius 2 is 1.72 bits per heavy atom. The number of rotatable bonds is 4. The number of nitrogens with zero attached hydrogens (tertiary/aromatic N) is 2. The molecule has 0 atom stereocenters. The molecule has 2 aromatic rings. The zero-order chi connectivity index (χ0) is 18.0. The van der Waals surface area contributed by atoms with Gasteiger partial charge in [-0.3, -0.25) is 0 Å². The molecular weight excluding hydrogens is 400 g/mol. The van der Waals surface area contributed by atoms with Gasteiger partial charge in [0, 0.05) is 36.3 Å². The lowest BCUT2D eigenvalue weighted by molar-refractivity contribution is 0.384. The van der Waals surface area contributed by atoms with Crippen molar-refractivity contribution in [2.45, 2.75) is 25.2 Å². The Balaban J connectivity index is 1.79. The molecule has 25 heavy (non-hydrogen) atoms. The number of hydrogen-bond acceptors (Lipinski definition) is 3. The second kappa shape index (κ2) is 7.48. The maximum Gasteiger partial charge on any atom is 0.243 e. The molecule has 1 aliphatic heterocycles. The van der Waals surface area contributed by atoms with Crippen molar-refractivity contribution < 1.29 is 8.42 Å². The zero-order valence-electron chi connectivity index (χ0n) is 14.6. The van der Waals surface area contributed by atoms with Crippen molar-refractivity contribution in [2.75, 3.05) is 31.1 Å². The second-order valence-corrected chi connectivity index (χ2v) is 9.11. The predicted octanol–water partition coefficient (Wildman–Crippen LogP) is 3.83.